The predicted molar refractivity (Wildman–Crippen MR) is 107 cm³/mol. The number of hydrogen-bond acceptors (Lipinski definition) is 3. The summed E-state index contributed by atoms with van der Waals surface area (Å²) in [5, 5.41) is 11.2. The van der Waals surface area contributed by atoms with Crippen molar-refractivity contribution in [3.05, 3.63) is 47.3 Å². The fourth-order valence-corrected chi connectivity index (χ4v) is 2.70. The zero-order valence-corrected chi connectivity index (χ0v) is 16.5. The zero-order valence-electron chi connectivity index (χ0n) is 16.5. The molecule has 0 spiro atoms. The van der Waals surface area contributed by atoms with Crippen molar-refractivity contribution in [3.8, 4) is 5.75 Å². The van der Waals surface area contributed by atoms with Crippen molar-refractivity contribution in [3.63, 3.8) is 0 Å². The van der Waals surface area contributed by atoms with Crippen molar-refractivity contribution < 1.29 is 4.74 Å². The van der Waals surface area contributed by atoms with Gasteiger partial charge in [0.25, 0.3) is 0 Å². The summed E-state index contributed by atoms with van der Waals surface area (Å²) >= 11 is 0. The third-order valence-electron chi connectivity index (χ3n) is 3.92. The van der Waals surface area contributed by atoms with E-state index in [1.165, 1.54) is 11.3 Å². The van der Waals surface area contributed by atoms with E-state index in [4.69, 9.17) is 4.74 Å². The van der Waals surface area contributed by atoms with Gasteiger partial charge >= 0.3 is 0 Å². The van der Waals surface area contributed by atoms with E-state index >= 15 is 0 Å². The summed E-state index contributed by atoms with van der Waals surface area (Å²) in [7, 11) is 1.79. The molecule has 0 atom stereocenters. The fraction of sp³-hybridized carbons (Fsp3) is 0.500. The number of guanidine groups is 1. The Bertz CT molecular complexity index is 703. The number of aromatic nitrogens is 2. The Morgan fingerprint density at radius 2 is 1.92 bits per heavy atom. The molecule has 2 aromatic rings. The van der Waals surface area contributed by atoms with Crippen molar-refractivity contribution >= 4 is 5.96 Å². The lowest BCUT2D eigenvalue weighted by Gasteiger charge is -2.13. The molecule has 0 aliphatic rings. The molecule has 6 nitrogen and oxygen atoms in total. The smallest absolute Gasteiger partial charge is 0.191 e. The predicted octanol–water partition coefficient (Wildman–Crippen LogP) is 3.04. The van der Waals surface area contributed by atoms with E-state index in [9.17, 15) is 0 Å². The molecule has 0 aliphatic carbocycles. The average Bonchev–Trinajstić information content (AvgIpc) is 2.92. The maximum atomic E-state index is 5.66. The van der Waals surface area contributed by atoms with Gasteiger partial charge in [0.05, 0.1) is 11.8 Å². The highest BCUT2D eigenvalue weighted by molar-refractivity contribution is 5.79. The zero-order chi connectivity index (χ0) is 18.9. The SMILES string of the molecule is CN=C(NCCCn1nc(C)cc1C)NCc1ccc(OC(C)C)cc1. The van der Waals surface area contributed by atoms with Crippen LogP contribution in [-0.2, 0) is 13.1 Å². The minimum atomic E-state index is 0.191. The van der Waals surface area contributed by atoms with Crippen molar-refractivity contribution in [1.29, 1.82) is 0 Å². The van der Waals surface area contributed by atoms with Crippen LogP contribution in [0, 0.1) is 13.8 Å². The Balaban J connectivity index is 1.71. The lowest BCUT2D eigenvalue weighted by molar-refractivity contribution is 0.242. The summed E-state index contributed by atoms with van der Waals surface area (Å²) in [4.78, 5) is 4.27. The molecule has 2 N–H and O–H groups in total. The molecule has 0 saturated heterocycles. The van der Waals surface area contributed by atoms with Crippen LogP contribution in [0.2, 0.25) is 0 Å². The third-order valence-corrected chi connectivity index (χ3v) is 3.92. The molecule has 0 saturated carbocycles. The van der Waals surface area contributed by atoms with Crippen molar-refractivity contribution in [2.45, 2.75) is 53.3 Å². The second-order valence-electron chi connectivity index (χ2n) is 6.67. The monoisotopic (exact) mass is 357 g/mol. The first kappa shape index (κ1) is 19.8. The van der Waals surface area contributed by atoms with Gasteiger partial charge in [-0.1, -0.05) is 12.1 Å². The van der Waals surface area contributed by atoms with Crippen molar-refractivity contribution in [1.82, 2.24) is 20.4 Å². The molecular formula is C20H31N5O. The Morgan fingerprint density at radius 1 is 1.19 bits per heavy atom. The van der Waals surface area contributed by atoms with Crippen LogP contribution in [0.25, 0.3) is 0 Å². The van der Waals surface area contributed by atoms with E-state index < -0.39 is 0 Å². The molecular weight excluding hydrogens is 326 g/mol. The number of nitrogens with zero attached hydrogens (tertiary/aromatic N) is 3. The molecule has 0 fully saturated rings. The molecule has 0 bridgehead atoms. The third kappa shape index (κ3) is 6.43. The normalized spacial score (nSPS) is 11.7. The molecule has 1 aromatic carbocycles. The maximum Gasteiger partial charge on any atom is 0.191 e. The summed E-state index contributed by atoms with van der Waals surface area (Å²) in [5.41, 5.74) is 3.46. The molecule has 26 heavy (non-hydrogen) atoms. The summed E-state index contributed by atoms with van der Waals surface area (Å²) in [5.74, 6) is 1.70. The van der Waals surface area contributed by atoms with E-state index in [1.54, 1.807) is 7.05 Å². The highest BCUT2D eigenvalue weighted by atomic mass is 16.5. The van der Waals surface area contributed by atoms with Gasteiger partial charge in [-0.2, -0.15) is 5.10 Å². The summed E-state index contributed by atoms with van der Waals surface area (Å²) in [6.07, 6.45) is 1.18. The lowest BCUT2D eigenvalue weighted by Crippen LogP contribution is -2.37. The number of hydrogen-bond donors (Lipinski definition) is 2. The van der Waals surface area contributed by atoms with Gasteiger partial charge in [0.2, 0.25) is 0 Å². The first-order valence-electron chi connectivity index (χ1n) is 9.19. The van der Waals surface area contributed by atoms with E-state index in [-0.39, 0.29) is 6.10 Å². The minimum Gasteiger partial charge on any atom is -0.491 e. The standard InChI is InChI=1S/C20H31N5O/c1-15(2)26-19-9-7-18(8-10-19)14-23-20(21-5)22-11-6-12-25-17(4)13-16(3)24-25/h7-10,13,15H,6,11-12,14H2,1-5H3,(H2,21,22,23). The van der Waals surface area contributed by atoms with Crippen LogP contribution in [0.4, 0.5) is 0 Å². The van der Waals surface area contributed by atoms with Crippen molar-refractivity contribution in [2.75, 3.05) is 13.6 Å². The number of nitrogens with one attached hydrogen (secondary N) is 2. The number of benzene rings is 1. The highest BCUT2D eigenvalue weighted by Gasteiger charge is 2.02. The van der Waals surface area contributed by atoms with Crippen molar-refractivity contribution in [2.24, 2.45) is 4.99 Å². The molecule has 142 valence electrons. The molecule has 1 heterocycles. The molecule has 6 heteroatoms. The van der Waals surface area contributed by atoms with Gasteiger partial charge in [-0.3, -0.25) is 9.67 Å². The van der Waals surface area contributed by atoms with Crippen LogP contribution in [-0.4, -0.2) is 35.4 Å². The largest absolute Gasteiger partial charge is 0.491 e. The molecule has 2 rings (SSSR count). The van der Waals surface area contributed by atoms with E-state index in [1.807, 2.05) is 37.6 Å². The Labute approximate surface area is 156 Å². The number of rotatable bonds is 8. The molecule has 1 aromatic heterocycles. The number of aryl methyl sites for hydroxylation is 3. The Kier molecular flexibility index (Phi) is 7.51. The van der Waals surface area contributed by atoms with E-state index in [0.717, 1.165) is 43.5 Å². The van der Waals surface area contributed by atoms with Gasteiger partial charge in [-0.05, 0) is 57.9 Å². The average molecular weight is 358 g/mol. The first-order valence-corrected chi connectivity index (χ1v) is 9.19. The van der Waals surface area contributed by atoms with Crippen LogP contribution >= 0.6 is 0 Å². The highest BCUT2D eigenvalue weighted by Crippen LogP contribution is 2.13. The minimum absolute atomic E-state index is 0.191. The van der Waals surface area contributed by atoms with Gasteiger partial charge in [-0.15, -0.1) is 0 Å². The number of aliphatic imine (C=N–C) groups is 1. The van der Waals surface area contributed by atoms with Crippen LogP contribution in [0.15, 0.2) is 35.3 Å². The Hall–Kier alpha value is -2.50. The van der Waals surface area contributed by atoms with Gasteiger partial charge in [-0.25, -0.2) is 0 Å². The summed E-state index contributed by atoms with van der Waals surface area (Å²) < 4.78 is 7.71. The van der Waals surface area contributed by atoms with Gasteiger partial charge < -0.3 is 15.4 Å². The lowest BCUT2D eigenvalue weighted by atomic mass is 10.2. The Morgan fingerprint density at radius 3 is 2.50 bits per heavy atom. The molecule has 0 radical (unpaired) electrons. The molecule has 0 aliphatic heterocycles. The second kappa shape index (κ2) is 9.85. The fourth-order valence-electron chi connectivity index (χ4n) is 2.70. The topological polar surface area (TPSA) is 63.5 Å². The van der Waals surface area contributed by atoms with Gasteiger partial charge in [0, 0.05) is 32.4 Å². The molecule has 0 amide bonds. The summed E-state index contributed by atoms with van der Waals surface area (Å²) in [6.45, 7) is 10.6. The first-order chi connectivity index (χ1) is 12.5. The van der Waals surface area contributed by atoms with Crippen LogP contribution in [0.5, 0.6) is 5.75 Å². The quantitative estimate of drug-likeness (QED) is 0.433. The summed E-state index contributed by atoms with van der Waals surface area (Å²) in [6, 6.07) is 10.2. The van der Waals surface area contributed by atoms with Crippen LogP contribution in [0.1, 0.15) is 37.2 Å². The van der Waals surface area contributed by atoms with Gasteiger partial charge in [0.15, 0.2) is 5.96 Å². The second-order valence-corrected chi connectivity index (χ2v) is 6.67. The van der Waals surface area contributed by atoms with Crippen LogP contribution < -0.4 is 15.4 Å². The molecule has 0 unspecified atom stereocenters. The maximum absolute atomic E-state index is 5.66. The van der Waals surface area contributed by atoms with E-state index in [2.05, 4.69) is 45.8 Å². The number of ether oxygens (including phenoxy) is 1. The van der Waals surface area contributed by atoms with E-state index in [0.29, 0.717) is 0 Å². The van der Waals surface area contributed by atoms with Crippen LogP contribution in [0.3, 0.4) is 0 Å². The van der Waals surface area contributed by atoms with Gasteiger partial charge in [0.1, 0.15) is 5.75 Å².